The summed E-state index contributed by atoms with van der Waals surface area (Å²) in [6, 6.07) is 52.6. The highest BCUT2D eigenvalue weighted by Crippen LogP contribution is 2.50. The molecule has 0 spiro atoms. The van der Waals surface area contributed by atoms with Crippen LogP contribution in [0.4, 0.5) is 0 Å². The molecule has 7 heteroatoms. The first kappa shape index (κ1) is 37.2. The zero-order valence-corrected chi connectivity index (χ0v) is 30.2. The van der Waals surface area contributed by atoms with Crippen molar-refractivity contribution in [3.8, 4) is 5.75 Å². The van der Waals surface area contributed by atoms with Crippen LogP contribution in [0.1, 0.15) is 50.1 Å². The molecule has 6 aromatic carbocycles. The molecule has 0 saturated carbocycles. The Morgan fingerprint density at radius 2 is 1.00 bits per heavy atom. The molecule has 0 aliphatic carbocycles. The number of hydrogen-bond donors (Lipinski definition) is 4. The summed E-state index contributed by atoms with van der Waals surface area (Å²) in [6.07, 6.45) is -5.72. The quantitative estimate of drug-likeness (QED) is 0.0999. The van der Waals surface area contributed by atoms with Crippen molar-refractivity contribution in [3.63, 3.8) is 0 Å². The Balaban J connectivity index is 1.59. The van der Waals surface area contributed by atoms with Crippen LogP contribution < -0.4 is 4.74 Å². The van der Waals surface area contributed by atoms with Crippen molar-refractivity contribution in [2.75, 3.05) is 13.7 Å². The van der Waals surface area contributed by atoms with Crippen molar-refractivity contribution < 1.29 is 34.6 Å². The Bertz CT molecular complexity index is 2030. The van der Waals surface area contributed by atoms with E-state index in [0.29, 0.717) is 30.6 Å². The second kappa shape index (κ2) is 16.9. The summed E-state index contributed by atoms with van der Waals surface area (Å²) in [5.41, 5.74) is 7.21. The molecule has 0 aromatic heterocycles. The lowest BCUT2D eigenvalue weighted by Gasteiger charge is -2.46. The summed E-state index contributed by atoms with van der Waals surface area (Å²) in [5, 5.41) is 43.5. The summed E-state index contributed by atoms with van der Waals surface area (Å²) in [5.74, 6) is 0.570. The van der Waals surface area contributed by atoms with Crippen molar-refractivity contribution in [3.05, 3.63) is 208 Å². The fourth-order valence-corrected chi connectivity index (χ4v) is 7.68. The second-order valence-electron chi connectivity index (χ2n) is 13.8. The van der Waals surface area contributed by atoms with Gasteiger partial charge in [0.15, 0.2) is 11.9 Å². The highest BCUT2D eigenvalue weighted by molar-refractivity contribution is 5.62. The smallest absolute Gasteiger partial charge is 0.188 e. The van der Waals surface area contributed by atoms with Crippen LogP contribution in [0.2, 0.25) is 0 Å². The van der Waals surface area contributed by atoms with Gasteiger partial charge in [0.1, 0.15) is 30.2 Å². The molecule has 0 amide bonds. The first-order valence-corrected chi connectivity index (χ1v) is 18.4. The van der Waals surface area contributed by atoms with Gasteiger partial charge >= 0.3 is 0 Å². The molecule has 1 saturated heterocycles. The van der Waals surface area contributed by atoms with E-state index in [-0.39, 0.29) is 0 Å². The van der Waals surface area contributed by atoms with Crippen molar-refractivity contribution >= 4 is 0 Å². The maximum Gasteiger partial charge on any atom is 0.188 e. The van der Waals surface area contributed by atoms with Gasteiger partial charge in [0, 0.05) is 5.56 Å². The molecular formula is C47H46O7. The number of aliphatic hydroxyl groups is 4. The molecule has 54 heavy (non-hydrogen) atoms. The van der Waals surface area contributed by atoms with Crippen molar-refractivity contribution in [2.45, 2.75) is 55.6 Å². The third kappa shape index (κ3) is 7.61. The number of aliphatic hydroxyl groups excluding tert-OH is 4. The first-order valence-electron chi connectivity index (χ1n) is 18.4. The van der Waals surface area contributed by atoms with Crippen LogP contribution in [-0.2, 0) is 34.3 Å². The first-order chi connectivity index (χ1) is 26.4. The van der Waals surface area contributed by atoms with Gasteiger partial charge in [-0.25, -0.2) is 0 Å². The van der Waals surface area contributed by atoms with E-state index < -0.39 is 42.9 Å². The topological polar surface area (TPSA) is 109 Å². The van der Waals surface area contributed by atoms with Gasteiger partial charge in [0.25, 0.3) is 0 Å². The monoisotopic (exact) mass is 722 g/mol. The third-order valence-corrected chi connectivity index (χ3v) is 10.4. The largest absolute Gasteiger partial charge is 0.496 e. The van der Waals surface area contributed by atoms with Gasteiger partial charge < -0.3 is 34.6 Å². The van der Waals surface area contributed by atoms with Gasteiger partial charge in [0.05, 0.1) is 13.7 Å². The van der Waals surface area contributed by atoms with Crippen LogP contribution in [0, 0.1) is 0 Å². The summed E-state index contributed by atoms with van der Waals surface area (Å²) in [4.78, 5) is 0. The van der Waals surface area contributed by atoms with Crippen molar-refractivity contribution in [1.82, 2.24) is 0 Å². The lowest BCUT2D eigenvalue weighted by Crippen LogP contribution is -2.60. The van der Waals surface area contributed by atoms with Crippen molar-refractivity contribution in [1.29, 1.82) is 0 Å². The standard InChI is InChI=1S/C47H46O7/c1-52-40-30-35(27-32-17-7-2-8-18-32)38(28-33-19-9-3-10-20-33)39(29-34-21-11-4-12-22-34)42(40)47(36-23-13-5-14-24-36,37-25-15-6-16-26-37)54-46-45(51)44(50)43(49)41(31-48)53-46/h2-26,30,41,43-46,48-51H,27-29,31H2,1H3/t41-,43-,44+,45+,46-/m1/s1. The van der Waals surface area contributed by atoms with Gasteiger partial charge in [-0.3, -0.25) is 0 Å². The van der Waals surface area contributed by atoms with Crippen LogP contribution in [-0.4, -0.2) is 64.8 Å². The molecule has 1 heterocycles. The zero-order chi connectivity index (χ0) is 37.5. The molecule has 6 aromatic rings. The molecule has 1 aliphatic rings. The normalized spacial score (nSPS) is 20.1. The minimum absolute atomic E-state index is 0.511. The molecule has 5 atom stereocenters. The van der Waals surface area contributed by atoms with Gasteiger partial charge in [-0.2, -0.15) is 0 Å². The minimum atomic E-state index is -1.65. The van der Waals surface area contributed by atoms with E-state index in [1.165, 1.54) is 0 Å². The lowest BCUT2D eigenvalue weighted by atomic mass is 9.73. The molecule has 0 bridgehead atoms. The Kier molecular flexibility index (Phi) is 11.7. The summed E-state index contributed by atoms with van der Waals surface area (Å²) < 4.78 is 19.8. The van der Waals surface area contributed by atoms with E-state index in [1.807, 2.05) is 115 Å². The van der Waals surface area contributed by atoms with E-state index >= 15 is 0 Å². The van der Waals surface area contributed by atoms with Crippen molar-refractivity contribution in [2.24, 2.45) is 0 Å². The van der Waals surface area contributed by atoms with Gasteiger partial charge in [-0.05, 0) is 69.8 Å². The average Bonchev–Trinajstić information content (AvgIpc) is 3.23. The molecule has 7 nitrogen and oxygen atoms in total. The van der Waals surface area contributed by atoms with E-state index in [9.17, 15) is 20.4 Å². The van der Waals surface area contributed by atoms with E-state index in [1.54, 1.807) is 7.11 Å². The SMILES string of the molecule is COc1cc(Cc2ccccc2)c(Cc2ccccc2)c(Cc2ccccc2)c1C(O[C@H]1O[C@H](CO)[C@@H](O)[C@H](O)[C@@H]1O)(c1ccccc1)c1ccccc1. The number of ether oxygens (including phenoxy) is 3. The highest BCUT2D eigenvalue weighted by atomic mass is 16.7. The molecule has 0 radical (unpaired) electrons. The molecule has 0 unspecified atom stereocenters. The number of benzene rings is 6. The van der Waals surface area contributed by atoms with Crippen LogP contribution in [0.5, 0.6) is 5.75 Å². The minimum Gasteiger partial charge on any atom is -0.496 e. The second-order valence-corrected chi connectivity index (χ2v) is 13.8. The lowest BCUT2D eigenvalue weighted by molar-refractivity contribution is -0.319. The average molecular weight is 723 g/mol. The predicted molar refractivity (Wildman–Crippen MR) is 208 cm³/mol. The number of methoxy groups -OCH3 is 1. The maximum atomic E-state index is 11.5. The van der Waals surface area contributed by atoms with Crippen LogP contribution >= 0.6 is 0 Å². The predicted octanol–water partition coefficient (Wildman–Crippen LogP) is 6.58. The van der Waals surface area contributed by atoms with Crippen LogP contribution in [0.3, 0.4) is 0 Å². The highest BCUT2D eigenvalue weighted by Gasteiger charge is 2.51. The third-order valence-electron chi connectivity index (χ3n) is 10.4. The van der Waals surface area contributed by atoms with Gasteiger partial charge in [0.2, 0.25) is 0 Å². The Hall–Kier alpha value is -5.12. The maximum absolute atomic E-state index is 11.5. The number of hydrogen-bond acceptors (Lipinski definition) is 7. The van der Waals surface area contributed by atoms with Crippen LogP contribution in [0.15, 0.2) is 158 Å². The molecule has 1 fully saturated rings. The summed E-state index contributed by atoms with van der Waals surface area (Å²) >= 11 is 0. The molecule has 276 valence electrons. The van der Waals surface area contributed by atoms with E-state index in [4.69, 9.17) is 14.2 Å². The Morgan fingerprint density at radius 3 is 1.46 bits per heavy atom. The molecule has 4 N–H and O–H groups in total. The van der Waals surface area contributed by atoms with Gasteiger partial charge in [-0.1, -0.05) is 152 Å². The fourth-order valence-electron chi connectivity index (χ4n) is 7.68. The summed E-state index contributed by atoms with van der Waals surface area (Å²) in [7, 11) is 1.66. The number of rotatable bonds is 13. The Labute approximate surface area is 316 Å². The van der Waals surface area contributed by atoms with Gasteiger partial charge in [-0.15, -0.1) is 0 Å². The zero-order valence-electron chi connectivity index (χ0n) is 30.2. The molecule has 1 aliphatic heterocycles. The van der Waals surface area contributed by atoms with Crippen LogP contribution in [0.25, 0.3) is 0 Å². The summed E-state index contributed by atoms with van der Waals surface area (Å²) in [6.45, 7) is -0.591. The fraction of sp³-hybridized carbons (Fsp3) is 0.234. The molecule has 7 rings (SSSR count). The Morgan fingerprint density at radius 1 is 0.556 bits per heavy atom. The van der Waals surface area contributed by atoms with E-state index in [0.717, 1.165) is 44.5 Å². The molecular weight excluding hydrogens is 677 g/mol. The van der Waals surface area contributed by atoms with E-state index in [2.05, 4.69) is 42.5 Å².